The number of nitrogens with zero attached hydrogens (tertiary/aromatic N) is 2. The number of ether oxygens (including phenoxy) is 2. The van der Waals surface area contributed by atoms with E-state index in [0.29, 0.717) is 28.6 Å². The second-order valence-corrected chi connectivity index (χ2v) is 7.17. The van der Waals surface area contributed by atoms with Gasteiger partial charge in [0.15, 0.2) is 0 Å². The number of carbonyl (C=O) groups excluding carboxylic acids is 1. The SMILES string of the molecule is COC(=O)c1ccc(-c2noc(-c3ccc(-c4ccccc4C)c(C)c3)n2)cc1OC. The van der Waals surface area contributed by atoms with Crippen molar-refractivity contribution in [3.8, 4) is 39.7 Å². The summed E-state index contributed by atoms with van der Waals surface area (Å²) in [5, 5.41) is 4.10. The molecule has 6 nitrogen and oxygen atoms in total. The van der Waals surface area contributed by atoms with Gasteiger partial charge in [-0.2, -0.15) is 4.98 Å². The molecule has 0 bridgehead atoms. The summed E-state index contributed by atoms with van der Waals surface area (Å²) in [6.07, 6.45) is 0. The van der Waals surface area contributed by atoms with E-state index in [1.807, 2.05) is 24.3 Å². The predicted molar refractivity (Wildman–Crippen MR) is 118 cm³/mol. The summed E-state index contributed by atoms with van der Waals surface area (Å²) in [6.45, 7) is 4.17. The van der Waals surface area contributed by atoms with E-state index < -0.39 is 5.97 Å². The number of esters is 1. The average Bonchev–Trinajstić information content (AvgIpc) is 3.29. The molecule has 4 aromatic rings. The molecule has 0 aliphatic heterocycles. The summed E-state index contributed by atoms with van der Waals surface area (Å²) in [7, 11) is 2.82. The van der Waals surface area contributed by atoms with Gasteiger partial charge in [-0.25, -0.2) is 4.79 Å². The Morgan fingerprint density at radius 2 is 1.61 bits per heavy atom. The maximum Gasteiger partial charge on any atom is 0.341 e. The summed E-state index contributed by atoms with van der Waals surface area (Å²) >= 11 is 0. The Hall–Kier alpha value is -3.93. The van der Waals surface area contributed by atoms with E-state index in [1.54, 1.807) is 18.2 Å². The van der Waals surface area contributed by atoms with Crippen LogP contribution >= 0.6 is 0 Å². The van der Waals surface area contributed by atoms with Crippen LogP contribution in [0.4, 0.5) is 0 Å². The summed E-state index contributed by atoms with van der Waals surface area (Å²) in [6, 6.07) is 19.4. The highest BCUT2D eigenvalue weighted by Gasteiger charge is 2.17. The van der Waals surface area contributed by atoms with E-state index in [2.05, 4.69) is 42.2 Å². The van der Waals surface area contributed by atoms with Crippen LogP contribution in [0.1, 0.15) is 21.5 Å². The first-order valence-electron chi connectivity index (χ1n) is 9.79. The van der Waals surface area contributed by atoms with Crippen molar-refractivity contribution in [2.75, 3.05) is 14.2 Å². The van der Waals surface area contributed by atoms with Crippen molar-refractivity contribution < 1.29 is 18.8 Å². The van der Waals surface area contributed by atoms with Crippen LogP contribution in [0.15, 0.2) is 65.2 Å². The largest absolute Gasteiger partial charge is 0.496 e. The summed E-state index contributed by atoms with van der Waals surface area (Å²) in [5.74, 6) is 0.742. The van der Waals surface area contributed by atoms with E-state index in [1.165, 1.54) is 30.9 Å². The fourth-order valence-corrected chi connectivity index (χ4v) is 3.54. The molecular weight excluding hydrogens is 392 g/mol. The van der Waals surface area contributed by atoms with Crippen LogP contribution in [0.2, 0.25) is 0 Å². The zero-order valence-electron chi connectivity index (χ0n) is 17.8. The maximum absolute atomic E-state index is 11.9. The Morgan fingerprint density at radius 1 is 0.871 bits per heavy atom. The van der Waals surface area contributed by atoms with Gasteiger partial charge in [-0.05, 0) is 66.4 Å². The quantitative estimate of drug-likeness (QED) is 0.403. The molecule has 1 heterocycles. The first kappa shape index (κ1) is 20.3. The molecule has 0 aliphatic rings. The highest BCUT2D eigenvalue weighted by atomic mass is 16.5. The maximum atomic E-state index is 11.9. The molecule has 4 rings (SSSR count). The molecule has 0 fully saturated rings. The van der Waals surface area contributed by atoms with Crippen molar-refractivity contribution in [2.24, 2.45) is 0 Å². The number of hydrogen-bond acceptors (Lipinski definition) is 6. The fraction of sp³-hybridized carbons (Fsp3) is 0.160. The molecular formula is C25H22N2O4. The first-order valence-corrected chi connectivity index (χ1v) is 9.79. The summed E-state index contributed by atoms with van der Waals surface area (Å²) < 4.78 is 15.6. The highest BCUT2D eigenvalue weighted by molar-refractivity contribution is 5.93. The van der Waals surface area contributed by atoms with Crippen LogP contribution in [-0.4, -0.2) is 30.3 Å². The second-order valence-electron chi connectivity index (χ2n) is 7.17. The number of rotatable bonds is 5. The Labute approximate surface area is 180 Å². The number of aromatic nitrogens is 2. The molecule has 31 heavy (non-hydrogen) atoms. The summed E-state index contributed by atoms with van der Waals surface area (Å²) in [5.41, 5.74) is 6.57. The van der Waals surface area contributed by atoms with E-state index in [-0.39, 0.29) is 0 Å². The Kier molecular flexibility index (Phi) is 5.54. The Morgan fingerprint density at radius 3 is 2.32 bits per heavy atom. The van der Waals surface area contributed by atoms with Crippen molar-refractivity contribution in [3.05, 3.63) is 77.4 Å². The van der Waals surface area contributed by atoms with Gasteiger partial charge < -0.3 is 14.0 Å². The molecule has 6 heteroatoms. The third-order valence-corrected chi connectivity index (χ3v) is 5.20. The standard InChI is InChI=1S/C25H22N2O4/c1-15-7-5-6-8-19(15)20-11-10-18(13-16(20)2)24-26-23(27-31-24)17-9-12-21(25(28)30-4)22(14-17)29-3/h5-14H,1-4H3. The lowest BCUT2D eigenvalue weighted by molar-refractivity contribution is 0.0597. The van der Waals surface area contributed by atoms with Crippen molar-refractivity contribution in [1.29, 1.82) is 0 Å². The topological polar surface area (TPSA) is 74.5 Å². The van der Waals surface area contributed by atoms with Gasteiger partial charge in [0.05, 0.1) is 14.2 Å². The summed E-state index contributed by atoms with van der Waals surface area (Å²) in [4.78, 5) is 16.4. The second kappa shape index (κ2) is 8.44. The van der Waals surface area contributed by atoms with Crippen LogP contribution < -0.4 is 4.74 Å². The van der Waals surface area contributed by atoms with Crippen LogP contribution in [0, 0.1) is 13.8 Å². The van der Waals surface area contributed by atoms with Gasteiger partial charge >= 0.3 is 5.97 Å². The van der Waals surface area contributed by atoms with Crippen molar-refractivity contribution in [3.63, 3.8) is 0 Å². The van der Waals surface area contributed by atoms with Crippen molar-refractivity contribution in [2.45, 2.75) is 13.8 Å². The van der Waals surface area contributed by atoms with Crippen LogP contribution in [-0.2, 0) is 4.74 Å². The molecule has 156 valence electrons. The minimum atomic E-state index is -0.471. The fourth-order valence-electron chi connectivity index (χ4n) is 3.54. The molecule has 0 spiro atoms. The third-order valence-electron chi connectivity index (χ3n) is 5.20. The minimum absolute atomic E-state index is 0.333. The molecule has 0 saturated carbocycles. The number of benzene rings is 3. The Balaban J connectivity index is 1.66. The molecule has 3 aromatic carbocycles. The smallest absolute Gasteiger partial charge is 0.341 e. The number of carbonyl (C=O) groups is 1. The van der Waals surface area contributed by atoms with E-state index in [9.17, 15) is 4.79 Å². The lowest BCUT2D eigenvalue weighted by Crippen LogP contribution is -2.04. The van der Waals surface area contributed by atoms with Gasteiger partial charge in [0.2, 0.25) is 5.82 Å². The molecule has 0 aliphatic carbocycles. The van der Waals surface area contributed by atoms with E-state index in [0.717, 1.165) is 11.1 Å². The zero-order chi connectivity index (χ0) is 22.0. The van der Waals surface area contributed by atoms with Gasteiger partial charge in [-0.3, -0.25) is 0 Å². The number of methoxy groups -OCH3 is 2. The lowest BCUT2D eigenvalue weighted by atomic mass is 9.95. The number of hydrogen-bond donors (Lipinski definition) is 0. The molecule has 0 N–H and O–H groups in total. The average molecular weight is 414 g/mol. The lowest BCUT2D eigenvalue weighted by Gasteiger charge is -2.10. The molecule has 0 saturated heterocycles. The van der Waals surface area contributed by atoms with Gasteiger partial charge in [0.25, 0.3) is 5.89 Å². The normalized spacial score (nSPS) is 10.7. The molecule has 0 amide bonds. The minimum Gasteiger partial charge on any atom is -0.496 e. The van der Waals surface area contributed by atoms with Crippen molar-refractivity contribution >= 4 is 5.97 Å². The molecule has 1 aromatic heterocycles. The highest BCUT2D eigenvalue weighted by Crippen LogP contribution is 2.31. The molecule has 0 atom stereocenters. The van der Waals surface area contributed by atoms with Gasteiger partial charge in [0, 0.05) is 11.1 Å². The van der Waals surface area contributed by atoms with Gasteiger partial charge in [-0.1, -0.05) is 35.5 Å². The van der Waals surface area contributed by atoms with E-state index in [4.69, 9.17) is 14.0 Å². The van der Waals surface area contributed by atoms with Crippen LogP contribution in [0.5, 0.6) is 5.75 Å². The van der Waals surface area contributed by atoms with Crippen molar-refractivity contribution in [1.82, 2.24) is 10.1 Å². The number of aryl methyl sites for hydroxylation is 2. The monoisotopic (exact) mass is 414 g/mol. The van der Waals surface area contributed by atoms with E-state index >= 15 is 0 Å². The Bertz CT molecular complexity index is 1260. The van der Waals surface area contributed by atoms with Gasteiger partial charge in [0.1, 0.15) is 11.3 Å². The predicted octanol–water partition coefficient (Wildman–Crippen LogP) is 5.48. The molecule has 0 radical (unpaired) electrons. The van der Waals surface area contributed by atoms with Crippen LogP contribution in [0.3, 0.4) is 0 Å². The molecule has 0 unspecified atom stereocenters. The van der Waals surface area contributed by atoms with Gasteiger partial charge in [-0.15, -0.1) is 0 Å². The van der Waals surface area contributed by atoms with Crippen LogP contribution in [0.25, 0.3) is 34.0 Å². The third kappa shape index (κ3) is 3.92. The first-order chi connectivity index (χ1) is 15.0. The zero-order valence-corrected chi connectivity index (χ0v) is 17.8.